The van der Waals surface area contributed by atoms with Crippen LogP contribution in [-0.2, 0) is 6.42 Å². The number of carbonyl (C=O) groups excluding carboxylic acids is 2. The Morgan fingerprint density at radius 2 is 2.07 bits per heavy atom. The molecule has 0 unspecified atom stereocenters. The van der Waals surface area contributed by atoms with Gasteiger partial charge in [-0.15, -0.1) is 0 Å². The molecule has 3 rings (SSSR count). The van der Waals surface area contributed by atoms with Gasteiger partial charge in [-0.2, -0.15) is 5.10 Å². The summed E-state index contributed by atoms with van der Waals surface area (Å²) in [5, 5.41) is 7.25. The van der Waals surface area contributed by atoms with Crippen LogP contribution in [0.4, 0.5) is 5.69 Å². The highest BCUT2D eigenvalue weighted by molar-refractivity contribution is 6.09. The van der Waals surface area contributed by atoms with E-state index in [1.165, 1.54) is 0 Å². The van der Waals surface area contributed by atoms with Crippen molar-refractivity contribution in [3.05, 3.63) is 35.3 Å². The molecule has 1 aliphatic rings. The average Bonchev–Trinajstić information content (AvgIpc) is 2.99. The van der Waals surface area contributed by atoms with E-state index < -0.39 is 11.8 Å². The first-order chi connectivity index (χ1) is 13.5. The summed E-state index contributed by atoms with van der Waals surface area (Å²) in [6.07, 6.45) is 2.16. The number of anilines is 1. The molecule has 0 aromatic carbocycles. The molecule has 0 atom stereocenters. The number of amides is 2. The molecule has 28 heavy (non-hydrogen) atoms. The van der Waals surface area contributed by atoms with E-state index in [1.54, 1.807) is 18.3 Å². The van der Waals surface area contributed by atoms with Crippen molar-refractivity contribution in [2.75, 3.05) is 31.6 Å². The van der Waals surface area contributed by atoms with Gasteiger partial charge in [0, 0.05) is 19.3 Å². The number of hydrogen-bond acceptors (Lipinski definition) is 6. The Hall–Kier alpha value is -2.94. The maximum Gasteiger partial charge on any atom is 0.271 e. The molecule has 9 nitrogen and oxygen atoms in total. The van der Waals surface area contributed by atoms with Crippen molar-refractivity contribution in [3.8, 4) is 5.88 Å². The number of nitrogens with one attached hydrogen (secondary N) is 1. The minimum atomic E-state index is -0.674. The predicted molar refractivity (Wildman–Crippen MR) is 105 cm³/mol. The van der Waals surface area contributed by atoms with Crippen LogP contribution in [0.3, 0.4) is 0 Å². The Labute approximate surface area is 163 Å². The predicted octanol–water partition coefficient (Wildman–Crippen LogP) is 1.47. The van der Waals surface area contributed by atoms with Crippen molar-refractivity contribution in [1.82, 2.24) is 19.7 Å². The van der Waals surface area contributed by atoms with Gasteiger partial charge in [-0.25, -0.2) is 4.98 Å². The fourth-order valence-electron chi connectivity index (χ4n) is 3.37. The number of nitrogens with two attached hydrogens (primary N) is 1. The maximum atomic E-state index is 12.9. The van der Waals surface area contributed by atoms with Crippen LogP contribution in [0.1, 0.15) is 53.4 Å². The molecule has 1 aliphatic heterocycles. The van der Waals surface area contributed by atoms with Gasteiger partial charge in [0.1, 0.15) is 5.56 Å². The van der Waals surface area contributed by atoms with E-state index in [-0.39, 0.29) is 23.2 Å². The van der Waals surface area contributed by atoms with Gasteiger partial charge in [0.05, 0.1) is 24.0 Å². The zero-order valence-corrected chi connectivity index (χ0v) is 16.4. The molecule has 1 saturated heterocycles. The minimum absolute atomic E-state index is 0.0713. The van der Waals surface area contributed by atoms with E-state index in [9.17, 15) is 9.59 Å². The molecular formula is C19H26N6O3. The highest BCUT2D eigenvalue weighted by atomic mass is 16.5. The number of rotatable bonds is 8. The number of nitrogens with zero attached hydrogens (tertiary/aromatic N) is 4. The number of carbonyl (C=O) groups is 2. The summed E-state index contributed by atoms with van der Waals surface area (Å²) in [5.41, 5.74) is 7.05. The zero-order chi connectivity index (χ0) is 20.3. The molecule has 0 aliphatic carbocycles. The van der Waals surface area contributed by atoms with Crippen molar-refractivity contribution in [2.45, 2.75) is 33.2 Å². The highest BCUT2D eigenvalue weighted by Crippen LogP contribution is 2.30. The lowest BCUT2D eigenvalue weighted by Gasteiger charge is -2.39. The summed E-state index contributed by atoms with van der Waals surface area (Å²) in [6, 6.07) is 3.44. The van der Waals surface area contributed by atoms with Crippen molar-refractivity contribution >= 4 is 17.5 Å². The van der Waals surface area contributed by atoms with E-state index in [0.29, 0.717) is 18.7 Å². The van der Waals surface area contributed by atoms with Gasteiger partial charge < -0.3 is 15.8 Å². The fourth-order valence-corrected chi connectivity index (χ4v) is 3.37. The monoisotopic (exact) mass is 386 g/mol. The third kappa shape index (κ3) is 3.70. The SMILES string of the molecule is CCOc1ncccc1C(=O)Nc1c(C(N)=O)nn(C2CN(CC)C2)c1CC. The Morgan fingerprint density at radius 1 is 1.32 bits per heavy atom. The maximum absolute atomic E-state index is 12.9. The van der Waals surface area contributed by atoms with Crippen LogP contribution in [0.15, 0.2) is 18.3 Å². The third-order valence-corrected chi connectivity index (χ3v) is 4.84. The van der Waals surface area contributed by atoms with E-state index in [1.807, 2.05) is 18.5 Å². The molecule has 0 spiro atoms. The number of pyridine rings is 1. The smallest absolute Gasteiger partial charge is 0.271 e. The summed E-state index contributed by atoms with van der Waals surface area (Å²) < 4.78 is 7.26. The number of likely N-dealkylation sites (N-methyl/N-ethyl adjacent to an activating group) is 1. The summed E-state index contributed by atoms with van der Waals surface area (Å²) >= 11 is 0. The minimum Gasteiger partial charge on any atom is -0.477 e. The molecule has 0 bridgehead atoms. The van der Waals surface area contributed by atoms with Gasteiger partial charge in [-0.3, -0.25) is 19.2 Å². The Kier molecular flexibility index (Phi) is 5.93. The summed E-state index contributed by atoms with van der Waals surface area (Å²) in [5.74, 6) is -0.852. The second-order valence-corrected chi connectivity index (χ2v) is 6.58. The average molecular weight is 386 g/mol. The van der Waals surface area contributed by atoms with E-state index in [0.717, 1.165) is 25.3 Å². The Bertz CT molecular complexity index is 873. The molecule has 3 heterocycles. The molecule has 9 heteroatoms. The van der Waals surface area contributed by atoms with E-state index in [4.69, 9.17) is 10.5 Å². The molecule has 2 aromatic heterocycles. The lowest BCUT2D eigenvalue weighted by molar-refractivity contribution is 0.0968. The van der Waals surface area contributed by atoms with Gasteiger partial charge in [0.25, 0.3) is 11.8 Å². The van der Waals surface area contributed by atoms with Crippen LogP contribution < -0.4 is 15.8 Å². The van der Waals surface area contributed by atoms with E-state index in [2.05, 4.69) is 27.2 Å². The van der Waals surface area contributed by atoms with Gasteiger partial charge >= 0.3 is 0 Å². The third-order valence-electron chi connectivity index (χ3n) is 4.84. The van der Waals surface area contributed by atoms with Crippen LogP contribution in [0.2, 0.25) is 0 Å². The van der Waals surface area contributed by atoms with Crippen molar-refractivity contribution in [3.63, 3.8) is 0 Å². The van der Waals surface area contributed by atoms with Gasteiger partial charge in [-0.1, -0.05) is 13.8 Å². The van der Waals surface area contributed by atoms with Crippen molar-refractivity contribution in [1.29, 1.82) is 0 Å². The Morgan fingerprint density at radius 3 is 2.68 bits per heavy atom. The molecule has 2 amide bonds. The van der Waals surface area contributed by atoms with Crippen LogP contribution in [-0.4, -0.2) is 57.7 Å². The second kappa shape index (κ2) is 8.39. The van der Waals surface area contributed by atoms with Gasteiger partial charge in [0.2, 0.25) is 5.88 Å². The molecule has 0 radical (unpaired) electrons. The molecular weight excluding hydrogens is 360 g/mol. The van der Waals surface area contributed by atoms with Crippen LogP contribution >= 0.6 is 0 Å². The first kappa shape index (κ1) is 19.8. The largest absolute Gasteiger partial charge is 0.477 e. The molecule has 150 valence electrons. The summed E-state index contributed by atoms with van der Waals surface area (Å²) in [6.45, 7) is 8.94. The molecule has 2 aromatic rings. The number of likely N-dealkylation sites (tertiary alicyclic amines) is 1. The highest BCUT2D eigenvalue weighted by Gasteiger charge is 2.32. The first-order valence-corrected chi connectivity index (χ1v) is 9.52. The van der Waals surface area contributed by atoms with Gasteiger partial charge in [0.15, 0.2) is 5.69 Å². The van der Waals surface area contributed by atoms with Crippen molar-refractivity contribution < 1.29 is 14.3 Å². The number of hydrogen-bond donors (Lipinski definition) is 2. The molecule has 0 saturated carbocycles. The van der Waals surface area contributed by atoms with Crippen LogP contribution in [0.25, 0.3) is 0 Å². The number of ether oxygens (including phenoxy) is 1. The second-order valence-electron chi connectivity index (χ2n) is 6.58. The molecule has 1 fully saturated rings. The number of primary amides is 1. The lowest BCUT2D eigenvalue weighted by atomic mass is 10.1. The quantitative estimate of drug-likeness (QED) is 0.710. The van der Waals surface area contributed by atoms with Crippen LogP contribution in [0, 0.1) is 0 Å². The molecule has 3 N–H and O–H groups in total. The topological polar surface area (TPSA) is 115 Å². The fraction of sp³-hybridized carbons (Fsp3) is 0.474. The zero-order valence-electron chi connectivity index (χ0n) is 16.4. The van der Waals surface area contributed by atoms with E-state index >= 15 is 0 Å². The summed E-state index contributed by atoms with van der Waals surface area (Å²) in [7, 11) is 0. The summed E-state index contributed by atoms with van der Waals surface area (Å²) in [4.78, 5) is 31.3. The standard InChI is InChI=1S/C19H26N6O3/c1-4-14-15(22-18(27)13-8-7-9-21-19(13)28-6-3)16(17(20)26)23-25(14)12-10-24(5-2)11-12/h7-9,12H,4-6,10-11H2,1-3H3,(H2,20,26)(H,22,27). The van der Waals surface area contributed by atoms with Crippen LogP contribution in [0.5, 0.6) is 5.88 Å². The normalized spacial score (nSPS) is 14.5. The van der Waals surface area contributed by atoms with Gasteiger partial charge in [-0.05, 0) is 32.0 Å². The number of aromatic nitrogens is 3. The van der Waals surface area contributed by atoms with Crippen molar-refractivity contribution in [2.24, 2.45) is 5.73 Å². The first-order valence-electron chi connectivity index (χ1n) is 9.52. The lowest BCUT2D eigenvalue weighted by Crippen LogP contribution is -2.48. The Balaban J connectivity index is 1.94.